The van der Waals surface area contributed by atoms with Crippen LogP contribution in [-0.2, 0) is 0 Å². The molecular weight excluding hydrogens is 581 g/mol. The number of nitrogens with zero attached hydrogens (tertiary/aromatic N) is 4. The third-order valence-corrected chi connectivity index (χ3v) is 10.2. The summed E-state index contributed by atoms with van der Waals surface area (Å²) in [6.45, 7) is 0. The number of aromatic nitrogens is 3. The number of thiophene rings is 1. The first kappa shape index (κ1) is 25.4. The second kappa shape index (κ2) is 9.80. The summed E-state index contributed by atoms with van der Waals surface area (Å²) in [4.78, 5) is 17.6. The molecule has 3 aromatic heterocycles. The zero-order valence-corrected chi connectivity index (χ0v) is 25.4. The van der Waals surface area contributed by atoms with E-state index in [0.717, 1.165) is 49.0 Å². The minimum Gasteiger partial charge on any atom is -0.309 e. The molecule has 4 nitrogen and oxygen atoms in total. The predicted octanol–water partition coefficient (Wildman–Crippen LogP) is 11.3. The summed E-state index contributed by atoms with van der Waals surface area (Å²) in [7, 11) is 0. The number of para-hydroxylation sites is 1. The highest BCUT2D eigenvalue weighted by Gasteiger charge is 2.27. The molecule has 9 aromatic rings. The molecule has 1 aliphatic rings. The third kappa shape index (κ3) is 3.63. The van der Waals surface area contributed by atoms with E-state index in [2.05, 4.69) is 126 Å². The van der Waals surface area contributed by atoms with Gasteiger partial charge in [-0.05, 0) is 58.8 Å². The number of benzene rings is 6. The molecule has 0 saturated heterocycles. The van der Waals surface area contributed by atoms with Crippen molar-refractivity contribution in [3.63, 3.8) is 0 Å². The van der Waals surface area contributed by atoms with Crippen molar-refractivity contribution in [2.75, 3.05) is 4.90 Å². The van der Waals surface area contributed by atoms with E-state index in [9.17, 15) is 0 Å². The van der Waals surface area contributed by atoms with Gasteiger partial charge in [0.1, 0.15) is 5.69 Å². The fraction of sp³-hybridized carbons (Fsp3) is 0. The van der Waals surface area contributed by atoms with Crippen LogP contribution in [0.15, 0.2) is 146 Å². The van der Waals surface area contributed by atoms with Gasteiger partial charge in [0.2, 0.25) is 0 Å². The first-order valence-corrected chi connectivity index (χ1v) is 16.2. The standard InChI is InChI=1S/C41H24N4S/c1-2-14-27-26(13-1)30(41-43-38-31-16-4-6-21-36(31)46-40(38)39(44-41)32-18-7-8-24-42-32)22-23-34(27)45-33-19-5-3-15-28(33)29-17-9-11-25-12-10-20-35(45)37(25)29/h1-24H. The van der Waals surface area contributed by atoms with Crippen LogP contribution in [0.4, 0.5) is 17.1 Å². The van der Waals surface area contributed by atoms with Crippen LogP contribution in [0.1, 0.15) is 0 Å². The predicted molar refractivity (Wildman–Crippen MR) is 192 cm³/mol. The molecule has 10 rings (SSSR count). The van der Waals surface area contributed by atoms with Crippen LogP contribution in [0.3, 0.4) is 0 Å². The van der Waals surface area contributed by atoms with Gasteiger partial charge in [0.05, 0.1) is 33.0 Å². The summed E-state index contributed by atoms with van der Waals surface area (Å²) in [6.07, 6.45) is 1.83. The second-order valence-electron chi connectivity index (χ2n) is 11.6. The number of hydrogen-bond donors (Lipinski definition) is 0. The Balaban J connectivity index is 1.25. The molecule has 0 spiro atoms. The van der Waals surface area contributed by atoms with Crippen molar-refractivity contribution in [3.8, 4) is 33.9 Å². The Hall–Kier alpha value is -5.91. The van der Waals surface area contributed by atoms with Crippen molar-refractivity contribution >= 4 is 70.2 Å². The van der Waals surface area contributed by atoms with E-state index in [0.29, 0.717) is 5.82 Å². The van der Waals surface area contributed by atoms with E-state index >= 15 is 0 Å². The van der Waals surface area contributed by atoms with Crippen molar-refractivity contribution in [3.05, 3.63) is 146 Å². The topological polar surface area (TPSA) is 41.9 Å². The summed E-state index contributed by atoms with van der Waals surface area (Å²) in [6, 6.07) is 49.4. The van der Waals surface area contributed by atoms with Gasteiger partial charge in [-0.2, -0.15) is 0 Å². The maximum absolute atomic E-state index is 5.27. The smallest absolute Gasteiger partial charge is 0.161 e. The van der Waals surface area contributed by atoms with Gasteiger partial charge in [-0.15, -0.1) is 11.3 Å². The molecule has 214 valence electrons. The molecular formula is C41H24N4S. The van der Waals surface area contributed by atoms with E-state index in [1.807, 2.05) is 24.4 Å². The van der Waals surface area contributed by atoms with Crippen molar-refractivity contribution in [2.24, 2.45) is 0 Å². The van der Waals surface area contributed by atoms with E-state index in [1.165, 1.54) is 38.0 Å². The molecule has 0 aliphatic carbocycles. The molecule has 0 saturated carbocycles. The number of rotatable bonds is 3. The minimum absolute atomic E-state index is 0.700. The SMILES string of the molecule is c1ccc(-c2nc(-c3ccc(N4c5ccccc5-c5cccc6cccc4c56)c4ccccc34)nc3c2sc2ccccc23)nc1. The summed E-state index contributed by atoms with van der Waals surface area (Å²) in [5.41, 5.74) is 9.66. The molecule has 0 fully saturated rings. The lowest BCUT2D eigenvalue weighted by molar-refractivity contribution is 1.21. The van der Waals surface area contributed by atoms with Crippen LogP contribution in [0.5, 0.6) is 0 Å². The van der Waals surface area contributed by atoms with Gasteiger partial charge in [0.15, 0.2) is 5.82 Å². The minimum atomic E-state index is 0.700. The van der Waals surface area contributed by atoms with Crippen molar-refractivity contribution in [2.45, 2.75) is 0 Å². The third-order valence-electron chi connectivity index (χ3n) is 9.07. The summed E-state index contributed by atoms with van der Waals surface area (Å²) in [5.74, 6) is 0.700. The normalized spacial score (nSPS) is 12.3. The van der Waals surface area contributed by atoms with E-state index in [1.54, 1.807) is 11.3 Å². The molecule has 4 heterocycles. The molecule has 0 bridgehead atoms. The second-order valence-corrected chi connectivity index (χ2v) is 12.7. The lowest BCUT2D eigenvalue weighted by Crippen LogP contribution is -2.15. The molecule has 1 aliphatic heterocycles. The highest BCUT2D eigenvalue weighted by Crippen LogP contribution is 2.52. The molecule has 46 heavy (non-hydrogen) atoms. The number of hydrogen-bond acceptors (Lipinski definition) is 5. The molecule has 6 aromatic carbocycles. The summed E-state index contributed by atoms with van der Waals surface area (Å²) < 4.78 is 2.25. The van der Waals surface area contributed by atoms with E-state index in [4.69, 9.17) is 15.0 Å². The number of pyridine rings is 1. The van der Waals surface area contributed by atoms with Gasteiger partial charge in [0.25, 0.3) is 0 Å². The zero-order chi connectivity index (χ0) is 30.2. The Morgan fingerprint density at radius 2 is 1.24 bits per heavy atom. The van der Waals surface area contributed by atoms with Crippen molar-refractivity contribution < 1.29 is 0 Å². The Morgan fingerprint density at radius 3 is 2.13 bits per heavy atom. The Morgan fingerprint density at radius 1 is 0.500 bits per heavy atom. The van der Waals surface area contributed by atoms with Gasteiger partial charge in [-0.3, -0.25) is 4.98 Å². The quantitative estimate of drug-likeness (QED) is 0.201. The lowest BCUT2D eigenvalue weighted by atomic mass is 9.90. The van der Waals surface area contributed by atoms with Gasteiger partial charge < -0.3 is 4.90 Å². The Kier molecular flexibility index (Phi) is 5.41. The summed E-state index contributed by atoms with van der Waals surface area (Å²) in [5, 5.41) is 5.90. The first-order chi connectivity index (χ1) is 22.8. The fourth-order valence-corrected chi connectivity index (χ4v) is 8.22. The lowest BCUT2D eigenvalue weighted by Gasteiger charge is -2.34. The van der Waals surface area contributed by atoms with E-state index < -0.39 is 0 Å². The molecule has 5 heteroatoms. The molecule has 0 unspecified atom stereocenters. The van der Waals surface area contributed by atoms with Crippen molar-refractivity contribution in [1.82, 2.24) is 15.0 Å². The molecule has 0 N–H and O–H groups in total. The van der Waals surface area contributed by atoms with Gasteiger partial charge in [-0.1, -0.05) is 97.1 Å². The van der Waals surface area contributed by atoms with Crippen LogP contribution in [0.25, 0.3) is 75.8 Å². The monoisotopic (exact) mass is 604 g/mol. The number of anilines is 3. The summed E-state index contributed by atoms with van der Waals surface area (Å²) >= 11 is 1.73. The molecule has 0 atom stereocenters. The highest BCUT2D eigenvalue weighted by atomic mass is 32.1. The van der Waals surface area contributed by atoms with Gasteiger partial charge >= 0.3 is 0 Å². The molecule has 0 radical (unpaired) electrons. The average Bonchev–Trinajstić information content (AvgIpc) is 3.50. The van der Waals surface area contributed by atoms with Crippen LogP contribution in [-0.4, -0.2) is 15.0 Å². The Bertz CT molecular complexity index is 2650. The first-order valence-electron chi connectivity index (χ1n) is 15.4. The zero-order valence-electron chi connectivity index (χ0n) is 24.6. The largest absolute Gasteiger partial charge is 0.309 e. The fourth-order valence-electron chi connectivity index (χ4n) is 7.08. The maximum Gasteiger partial charge on any atom is 0.161 e. The van der Waals surface area contributed by atoms with Gasteiger partial charge in [-0.25, -0.2) is 9.97 Å². The molecule has 0 amide bonds. The number of fused-ring (bicyclic) bond motifs is 6. The van der Waals surface area contributed by atoms with Crippen LogP contribution in [0, 0.1) is 0 Å². The van der Waals surface area contributed by atoms with Crippen LogP contribution >= 0.6 is 11.3 Å². The van der Waals surface area contributed by atoms with Crippen molar-refractivity contribution in [1.29, 1.82) is 0 Å². The Labute approximate surface area is 268 Å². The van der Waals surface area contributed by atoms with E-state index in [-0.39, 0.29) is 0 Å². The van der Waals surface area contributed by atoms with Crippen LogP contribution < -0.4 is 4.90 Å². The van der Waals surface area contributed by atoms with Gasteiger partial charge in [0, 0.05) is 38.2 Å². The maximum atomic E-state index is 5.27. The van der Waals surface area contributed by atoms with Crippen LogP contribution in [0.2, 0.25) is 0 Å². The average molecular weight is 605 g/mol. The highest BCUT2D eigenvalue weighted by molar-refractivity contribution is 7.26.